The summed E-state index contributed by atoms with van der Waals surface area (Å²) < 4.78 is 11.7. The van der Waals surface area contributed by atoms with E-state index < -0.39 is 12.1 Å². The molecule has 2 heterocycles. The van der Waals surface area contributed by atoms with E-state index in [0.29, 0.717) is 24.4 Å². The normalized spacial score (nSPS) is 27.6. The molecule has 2 aliphatic rings. The third kappa shape index (κ3) is 5.94. The predicted octanol–water partition coefficient (Wildman–Crippen LogP) is 3.98. The Morgan fingerprint density at radius 3 is 2.79 bits per heavy atom. The highest BCUT2D eigenvalue weighted by Gasteiger charge is 2.46. The van der Waals surface area contributed by atoms with E-state index in [4.69, 9.17) is 14.6 Å². The van der Waals surface area contributed by atoms with E-state index in [2.05, 4.69) is 18.2 Å². The van der Waals surface area contributed by atoms with Crippen LogP contribution in [-0.2, 0) is 9.53 Å². The van der Waals surface area contributed by atoms with Crippen molar-refractivity contribution >= 4 is 5.97 Å². The second kappa shape index (κ2) is 10.4. The van der Waals surface area contributed by atoms with Crippen molar-refractivity contribution in [2.45, 2.75) is 56.8 Å². The molecule has 2 saturated heterocycles. The number of allylic oxidation sites excluding steroid dienone is 2. The van der Waals surface area contributed by atoms with Gasteiger partial charge < -0.3 is 19.7 Å². The molecule has 2 fully saturated rings. The number of carbonyl (C=O) groups is 1. The minimum Gasteiger partial charge on any atom is -0.491 e. The molecule has 0 spiro atoms. The molecule has 28 heavy (non-hydrogen) atoms. The molecule has 0 amide bonds. The molecule has 0 saturated carbocycles. The summed E-state index contributed by atoms with van der Waals surface area (Å²) in [6.07, 6.45) is 12.9. The van der Waals surface area contributed by atoms with Gasteiger partial charge in [0.2, 0.25) is 0 Å². The van der Waals surface area contributed by atoms with Crippen molar-refractivity contribution in [1.82, 2.24) is 0 Å². The summed E-state index contributed by atoms with van der Waals surface area (Å²) in [6.45, 7) is 0.232. The first-order valence-corrected chi connectivity index (χ1v) is 10.2. The Hall–Kier alpha value is -2.11. The molecule has 2 N–H and O–H groups in total. The van der Waals surface area contributed by atoms with Crippen molar-refractivity contribution in [2.24, 2.45) is 11.8 Å². The molecule has 5 nitrogen and oxygen atoms in total. The third-order valence-corrected chi connectivity index (χ3v) is 5.54. The van der Waals surface area contributed by atoms with Crippen LogP contribution in [0, 0.1) is 11.8 Å². The fourth-order valence-corrected chi connectivity index (χ4v) is 4.14. The van der Waals surface area contributed by atoms with Crippen LogP contribution in [0.15, 0.2) is 54.6 Å². The number of carboxylic acids is 1. The van der Waals surface area contributed by atoms with Gasteiger partial charge in [-0.1, -0.05) is 42.5 Å². The van der Waals surface area contributed by atoms with Crippen molar-refractivity contribution in [3.05, 3.63) is 54.6 Å². The van der Waals surface area contributed by atoms with Crippen LogP contribution < -0.4 is 4.74 Å². The maximum absolute atomic E-state index is 10.5. The van der Waals surface area contributed by atoms with Crippen molar-refractivity contribution in [3.63, 3.8) is 0 Å². The zero-order valence-corrected chi connectivity index (χ0v) is 16.2. The van der Waals surface area contributed by atoms with E-state index >= 15 is 0 Å². The Bertz CT molecular complexity index is 669. The average molecular weight is 386 g/mol. The lowest BCUT2D eigenvalue weighted by atomic mass is 9.77. The molecule has 5 atom stereocenters. The van der Waals surface area contributed by atoms with Crippen molar-refractivity contribution in [1.29, 1.82) is 0 Å². The standard InChI is InChI=1S/C23H30O5/c24-17(16-27-18-8-4-3-5-9-18)12-13-20-19(21-14-15-22(20)28-21)10-6-1-2-7-11-23(25)26/h1,3-6,8-9,12-13,17,19-22,24H,2,7,10-11,14-16H2,(H,25,26)/b6-1-,13-12+/t17-,19?,20?,21?,22?/m1/s1. The molecule has 3 rings (SSSR count). The minimum absolute atomic E-state index is 0.218. The lowest BCUT2D eigenvalue weighted by molar-refractivity contribution is -0.137. The average Bonchev–Trinajstić information content (AvgIpc) is 3.30. The van der Waals surface area contributed by atoms with Gasteiger partial charge in [0.25, 0.3) is 0 Å². The summed E-state index contributed by atoms with van der Waals surface area (Å²) in [5.74, 6) is 0.751. The number of unbranched alkanes of at least 4 members (excludes halogenated alkanes) is 1. The highest BCUT2D eigenvalue weighted by Crippen LogP contribution is 2.45. The SMILES string of the molecule is O=C(O)CCC/C=C\CC1C2CCC(O2)C1/C=C/[C@@H](O)COc1ccccc1. The summed E-state index contributed by atoms with van der Waals surface area (Å²) >= 11 is 0. The van der Waals surface area contributed by atoms with Gasteiger partial charge in [-0.05, 0) is 50.2 Å². The molecule has 1 aromatic rings. The van der Waals surface area contributed by atoms with Crippen LogP contribution >= 0.6 is 0 Å². The zero-order chi connectivity index (χ0) is 19.8. The number of para-hydroxylation sites is 1. The number of benzene rings is 1. The Kier molecular flexibility index (Phi) is 7.69. The molecule has 0 aliphatic carbocycles. The van der Waals surface area contributed by atoms with Crippen LogP contribution in [0.4, 0.5) is 0 Å². The Morgan fingerprint density at radius 2 is 2.00 bits per heavy atom. The number of hydrogen-bond acceptors (Lipinski definition) is 4. The van der Waals surface area contributed by atoms with Gasteiger partial charge in [-0.3, -0.25) is 4.79 Å². The number of carboxylic acid groups (broad SMARTS) is 1. The molecule has 0 aromatic heterocycles. The maximum atomic E-state index is 10.5. The molecule has 2 aliphatic heterocycles. The Morgan fingerprint density at radius 1 is 1.21 bits per heavy atom. The number of ether oxygens (including phenoxy) is 2. The van der Waals surface area contributed by atoms with Crippen LogP contribution in [0.5, 0.6) is 5.75 Å². The Labute approximate surface area is 166 Å². The van der Waals surface area contributed by atoms with Crippen LogP contribution in [0.2, 0.25) is 0 Å². The highest BCUT2D eigenvalue weighted by molar-refractivity contribution is 5.66. The first-order valence-electron chi connectivity index (χ1n) is 10.2. The van der Waals surface area contributed by atoms with E-state index in [-0.39, 0.29) is 19.1 Å². The van der Waals surface area contributed by atoms with Gasteiger partial charge in [-0.25, -0.2) is 0 Å². The lowest BCUT2D eigenvalue weighted by Gasteiger charge is -2.25. The first kappa shape index (κ1) is 20.6. The van der Waals surface area contributed by atoms with Gasteiger partial charge in [-0.2, -0.15) is 0 Å². The van der Waals surface area contributed by atoms with Crippen LogP contribution in [0.3, 0.4) is 0 Å². The van der Waals surface area contributed by atoms with Crippen molar-refractivity contribution in [3.8, 4) is 5.75 Å². The number of fused-ring (bicyclic) bond motifs is 2. The molecule has 2 bridgehead atoms. The summed E-state index contributed by atoms with van der Waals surface area (Å²) in [6, 6.07) is 9.49. The Balaban J connectivity index is 1.46. The second-order valence-electron chi connectivity index (χ2n) is 7.60. The summed E-state index contributed by atoms with van der Waals surface area (Å²) in [7, 11) is 0. The fraction of sp³-hybridized carbons (Fsp3) is 0.522. The first-order chi connectivity index (χ1) is 13.6. The molecule has 5 heteroatoms. The molecular weight excluding hydrogens is 356 g/mol. The summed E-state index contributed by atoms with van der Waals surface area (Å²) in [4.78, 5) is 10.5. The smallest absolute Gasteiger partial charge is 0.303 e. The summed E-state index contributed by atoms with van der Waals surface area (Å²) in [5, 5.41) is 18.9. The van der Waals surface area contributed by atoms with Crippen LogP contribution in [0.1, 0.15) is 38.5 Å². The number of aliphatic hydroxyl groups excluding tert-OH is 1. The van der Waals surface area contributed by atoms with Gasteiger partial charge in [0.1, 0.15) is 18.5 Å². The highest BCUT2D eigenvalue weighted by atomic mass is 16.5. The third-order valence-electron chi connectivity index (χ3n) is 5.54. The van der Waals surface area contributed by atoms with Gasteiger partial charge in [0, 0.05) is 12.3 Å². The van der Waals surface area contributed by atoms with Crippen LogP contribution in [0.25, 0.3) is 0 Å². The summed E-state index contributed by atoms with van der Waals surface area (Å²) in [5.41, 5.74) is 0. The topological polar surface area (TPSA) is 76.0 Å². The maximum Gasteiger partial charge on any atom is 0.303 e. The minimum atomic E-state index is -0.741. The molecule has 4 unspecified atom stereocenters. The van der Waals surface area contributed by atoms with E-state index in [1.807, 2.05) is 36.4 Å². The molecule has 152 valence electrons. The van der Waals surface area contributed by atoms with Crippen LogP contribution in [-0.4, -0.2) is 41.1 Å². The number of aliphatic carboxylic acids is 1. The second-order valence-corrected chi connectivity index (χ2v) is 7.60. The fourth-order valence-electron chi connectivity index (χ4n) is 4.14. The molecule has 0 radical (unpaired) electrons. The number of aliphatic hydroxyl groups is 1. The van der Waals surface area contributed by atoms with E-state index in [0.717, 1.165) is 31.4 Å². The van der Waals surface area contributed by atoms with Gasteiger partial charge in [-0.15, -0.1) is 0 Å². The lowest BCUT2D eigenvalue weighted by Crippen LogP contribution is -2.26. The monoisotopic (exact) mass is 386 g/mol. The van der Waals surface area contributed by atoms with Gasteiger partial charge in [0.15, 0.2) is 0 Å². The van der Waals surface area contributed by atoms with Gasteiger partial charge >= 0.3 is 5.97 Å². The van der Waals surface area contributed by atoms with E-state index in [1.54, 1.807) is 0 Å². The predicted molar refractivity (Wildman–Crippen MR) is 107 cm³/mol. The molecule has 1 aromatic carbocycles. The van der Waals surface area contributed by atoms with Crippen molar-refractivity contribution in [2.75, 3.05) is 6.61 Å². The largest absolute Gasteiger partial charge is 0.491 e. The van der Waals surface area contributed by atoms with E-state index in [1.165, 1.54) is 0 Å². The number of rotatable bonds is 11. The number of hydrogen-bond donors (Lipinski definition) is 2. The quantitative estimate of drug-likeness (QED) is 0.444. The van der Waals surface area contributed by atoms with E-state index in [9.17, 15) is 9.90 Å². The molecular formula is C23H30O5. The zero-order valence-electron chi connectivity index (χ0n) is 16.2. The van der Waals surface area contributed by atoms with Gasteiger partial charge in [0.05, 0.1) is 12.2 Å². The van der Waals surface area contributed by atoms with Crippen molar-refractivity contribution < 1.29 is 24.5 Å².